The number of imidazole rings is 1. The topological polar surface area (TPSA) is 45.8 Å². The Balaban J connectivity index is 3.03. The molecule has 0 aliphatic rings. The van der Waals surface area contributed by atoms with Crippen LogP contribution in [-0.4, -0.2) is 9.97 Å². The summed E-state index contributed by atoms with van der Waals surface area (Å²) in [7, 11) is 0. The minimum Gasteiger partial charge on any atom is -0.330 e. The van der Waals surface area contributed by atoms with Crippen LogP contribution in [0.25, 0.3) is 11.0 Å². The number of halogens is 1. The summed E-state index contributed by atoms with van der Waals surface area (Å²) >= 11 is 2.05. The zero-order valence-electron chi connectivity index (χ0n) is 6.04. The highest BCUT2D eigenvalue weighted by molar-refractivity contribution is 14.1. The number of rotatable bonds is 0. The SMILES string of the molecule is O=c1ccccc2nc(I)[nH]c12. The number of hydrogen-bond acceptors (Lipinski definition) is 2. The van der Waals surface area contributed by atoms with Gasteiger partial charge in [-0.2, -0.15) is 0 Å². The van der Waals surface area contributed by atoms with E-state index in [2.05, 4.69) is 9.97 Å². The van der Waals surface area contributed by atoms with Crippen molar-refractivity contribution in [2.24, 2.45) is 0 Å². The van der Waals surface area contributed by atoms with Gasteiger partial charge in [0.1, 0.15) is 5.52 Å². The minimum absolute atomic E-state index is 0.0228. The van der Waals surface area contributed by atoms with Gasteiger partial charge in [-0.1, -0.05) is 12.1 Å². The summed E-state index contributed by atoms with van der Waals surface area (Å²) in [4.78, 5) is 18.4. The van der Waals surface area contributed by atoms with Crippen molar-refractivity contribution in [3.8, 4) is 0 Å². The lowest BCUT2D eigenvalue weighted by Gasteiger charge is -1.73. The maximum absolute atomic E-state index is 11.3. The second-order valence-corrected chi connectivity index (χ2v) is 3.39. The molecule has 1 aromatic carbocycles. The molecule has 0 saturated heterocycles. The Morgan fingerprint density at radius 3 is 2.92 bits per heavy atom. The van der Waals surface area contributed by atoms with Crippen LogP contribution < -0.4 is 5.43 Å². The second-order valence-electron chi connectivity index (χ2n) is 2.37. The summed E-state index contributed by atoms with van der Waals surface area (Å²) in [6.07, 6.45) is 0. The van der Waals surface area contributed by atoms with Gasteiger partial charge in [-0.25, -0.2) is 4.98 Å². The number of aromatic amines is 1. The molecule has 0 spiro atoms. The normalized spacial score (nSPS) is 10.4. The summed E-state index contributed by atoms with van der Waals surface area (Å²) in [5, 5.41) is 0. The summed E-state index contributed by atoms with van der Waals surface area (Å²) in [6.45, 7) is 0. The number of aromatic nitrogens is 2. The molecule has 0 saturated carbocycles. The molecule has 0 atom stereocenters. The molecule has 0 aliphatic carbocycles. The molecule has 3 nitrogen and oxygen atoms in total. The molecular formula is C8H5IN2O. The molecule has 0 amide bonds. The van der Waals surface area contributed by atoms with Crippen LogP contribution in [0.5, 0.6) is 0 Å². The van der Waals surface area contributed by atoms with Crippen molar-refractivity contribution in [3.63, 3.8) is 0 Å². The van der Waals surface area contributed by atoms with Crippen LogP contribution in [0.3, 0.4) is 0 Å². The average molecular weight is 272 g/mol. The van der Waals surface area contributed by atoms with Crippen molar-refractivity contribution < 1.29 is 0 Å². The van der Waals surface area contributed by atoms with E-state index in [0.29, 0.717) is 5.52 Å². The van der Waals surface area contributed by atoms with Crippen LogP contribution in [0.4, 0.5) is 0 Å². The van der Waals surface area contributed by atoms with E-state index in [1.807, 2.05) is 28.7 Å². The molecule has 1 aromatic heterocycles. The summed E-state index contributed by atoms with van der Waals surface area (Å²) in [5.41, 5.74) is 1.27. The van der Waals surface area contributed by atoms with Crippen LogP contribution >= 0.6 is 22.6 Å². The predicted octanol–water partition coefficient (Wildman–Crippen LogP) is 1.53. The minimum atomic E-state index is -0.0228. The van der Waals surface area contributed by atoms with Crippen molar-refractivity contribution in [2.75, 3.05) is 0 Å². The van der Waals surface area contributed by atoms with E-state index < -0.39 is 0 Å². The highest BCUT2D eigenvalue weighted by Crippen LogP contribution is 2.06. The monoisotopic (exact) mass is 272 g/mol. The molecule has 0 bridgehead atoms. The second kappa shape index (κ2) is 2.85. The van der Waals surface area contributed by atoms with Gasteiger partial charge in [0.05, 0.1) is 5.52 Å². The summed E-state index contributed by atoms with van der Waals surface area (Å²) in [6, 6.07) is 6.86. The van der Waals surface area contributed by atoms with E-state index in [9.17, 15) is 4.79 Å². The van der Waals surface area contributed by atoms with E-state index in [4.69, 9.17) is 0 Å². The number of hydrogen-bond donors (Lipinski definition) is 1. The van der Waals surface area contributed by atoms with Gasteiger partial charge in [-0.3, -0.25) is 4.79 Å². The first-order chi connectivity index (χ1) is 5.77. The molecule has 0 unspecified atom stereocenters. The van der Waals surface area contributed by atoms with Crippen LogP contribution in [0, 0.1) is 3.83 Å². The van der Waals surface area contributed by atoms with Gasteiger partial charge in [-0.05, 0) is 34.7 Å². The maximum Gasteiger partial charge on any atom is 0.204 e. The molecule has 1 N–H and O–H groups in total. The molecule has 4 heteroatoms. The number of nitrogens with zero attached hydrogens (tertiary/aromatic N) is 1. The lowest BCUT2D eigenvalue weighted by molar-refractivity contribution is 1.25. The van der Waals surface area contributed by atoms with Crippen molar-refractivity contribution >= 4 is 33.6 Å². The van der Waals surface area contributed by atoms with Crippen molar-refractivity contribution in [1.29, 1.82) is 0 Å². The summed E-state index contributed by atoms with van der Waals surface area (Å²) < 4.78 is 0.742. The zero-order chi connectivity index (χ0) is 8.55. The van der Waals surface area contributed by atoms with Gasteiger partial charge in [-0.15, -0.1) is 0 Å². The fraction of sp³-hybridized carbons (Fsp3) is 0. The quantitative estimate of drug-likeness (QED) is 0.739. The number of H-pyrrole nitrogens is 1. The predicted molar refractivity (Wildman–Crippen MR) is 55.1 cm³/mol. The first-order valence-electron chi connectivity index (χ1n) is 3.42. The molecule has 0 radical (unpaired) electrons. The third-order valence-electron chi connectivity index (χ3n) is 1.56. The van der Waals surface area contributed by atoms with E-state index >= 15 is 0 Å². The van der Waals surface area contributed by atoms with E-state index in [1.54, 1.807) is 12.1 Å². The fourth-order valence-electron chi connectivity index (χ4n) is 1.04. The van der Waals surface area contributed by atoms with Gasteiger partial charge < -0.3 is 4.98 Å². The molecule has 0 aliphatic heterocycles. The summed E-state index contributed by atoms with van der Waals surface area (Å²) in [5.74, 6) is 0. The molecule has 1 heterocycles. The Morgan fingerprint density at radius 1 is 1.33 bits per heavy atom. The molecule has 0 fully saturated rings. The largest absolute Gasteiger partial charge is 0.330 e. The van der Waals surface area contributed by atoms with E-state index in [1.165, 1.54) is 6.07 Å². The van der Waals surface area contributed by atoms with Gasteiger partial charge in [0.15, 0.2) is 3.83 Å². The van der Waals surface area contributed by atoms with Crippen LogP contribution in [0.15, 0.2) is 29.1 Å². The first-order valence-corrected chi connectivity index (χ1v) is 4.50. The zero-order valence-corrected chi connectivity index (χ0v) is 8.20. The Hall–Kier alpha value is -0.910. The van der Waals surface area contributed by atoms with Crippen LogP contribution in [0.2, 0.25) is 0 Å². The smallest absolute Gasteiger partial charge is 0.204 e. The Morgan fingerprint density at radius 2 is 2.08 bits per heavy atom. The number of nitrogens with one attached hydrogen (secondary N) is 1. The molecule has 60 valence electrons. The molecule has 12 heavy (non-hydrogen) atoms. The van der Waals surface area contributed by atoms with Crippen LogP contribution in [-0.2, 0) is 0 Å². The third kappa shape index (κ3) is 1.22. The average Bonchev–Trinajstić information content (AvgIpc) is 2.33. The molecule has 2 rings (SSSR count). The molecular weight excluding hydrogens is 267 g/mol. The van der Waals surface area contributed by atoms with Crippen LogP contribution in [0.1, 0.15) is 0 Å². The molecule has 2 aromatic rings. The highest BCUT2D eigenvalue weighted by atomic mass is 127. The van der Waals surface area contributed by atoms with Gasteiger partial charge in [0.2, 0.25) is 5.43 Å². The van der Waals surface area contributed by atoms with Crippen molar-refractivity contribution in [3.05, 3.63) is 38.3 Å². The third-order valence-corrected chi connectivity index (χ3v) is 2.07. The van der Waals surface area contributed by atoms with E-state index in [-0.39, 0.29) is 5.43 Å². The van der Waals surface area contributed by atoms with Crippen molar-refractivity contribution in [2.45, 2.75) is 0 Å². The van der Waals surface area contributed by atoms with Gasteiger partial charge in [0.25, 0.3) is 0 Å². The van der Waals surface area contributed by atoms with Gasteiger partial charge >= 0.3 is 0 Å². The van der Waals surface area contributed by atoms with Gasteiger partial charge in [0, 0.05) is 0 Å². The number of fused-ring (bicyclic) bond motifs is 1. The first kappa shape index (κ1) is 7.72. The lowest BCUT2D eigenvalue weighted by Crippen LogP contribution is -1.94. The Kier molecular flexibility index (Phi) is 1.84. The van der Waals surface area contributed by atoms with E-state index in [0.717, 1.165) is 9.35 Å². The van der Waals surface area contributed by atoms with Crippen molar-refractivity contribution in [1.82, 2.24) is 9.97 Å². The highest BCUT2D eigenvalue weighted by Gasteiger charge is 1.99. The fourth-order valence-corrected chi connectivity index (χ4v) is 1.57. The Bertz CT molecular complexity index is 478. The maximum atomic E-state index is 11.3. The lowest BCUT2D eigenvalue weighted by atomic mass is 10.4. The Labute approximate surface area is 82.0 Å². The standard InChI is InChI=1S/C8H5IN2O/c9-8-10-5-3-1-2-4-6(12)7(5)11-8/h1-4H,(H,10,11).